The Morgan fingerprint density at radius 1 is 0.943 bits per heavy atom. The molecule has 3 rings (SSSR count). The van der Waals surface area contributed by atoms with Gasteiger partial charge in [-0.15, -0.1) is 10.2 Å². The second kappa shape index (κ2) is 12.5. The lowest BCUT2D eigenvalue weighted by atomic mass is 10.2. The van der Waals surface area contributed by atoms with Crippen LogP contribution in [0.1, 0.15) is 12.5 Å². The Kier molecular flexibility index (Phi) is 9.21. The molecule has 3 amide bonds. The summed E-state index contributed by atoms with van der Waals surface area (Å²) in [6.07, 6.45) is 3.02. The van der Waals surface area contributed by atoms with E-state index < -0.39 is 0 Å². The van der Waals surface area contributed by atoms with Gasteiger partial charge in [-0.2, -0.15) is 0 Å². The van der Waals surface area contributed by atoms with E-state index in [2.05, 4.69) is 26.1 Å². The predicted molar refractivity (Wildman–Crippen MR) is 137 cm³/mol. The van der Waals surface area contributed by atoms with Crippen LogP contribution in [0, 0.1) is 0 Å². The van der Waals surface area contributed by atoms with Gasteiger partial charge in [0.25, 0.3) is 0 Å². The third-order valence-corrected chi connectivity index (χ3v) is 6.26. The molecule has 0 atom stereocenters. The Bertz CT molecular complexity index is 1230. The van der Waals surface area contributed by atoms with Crippen LogP contribution in [0.4, 0.5) is 16.5 Å². The number of amides is 3. The van der Waals surface area contributed by atoms with E-state index >= 15 is 0 Å². The fraction of sp³-hybridized carbons (Fsp3) is 0.174. The standard InChI is InChI=1S/C23H23N5O5S2/c1-14(29)24-16-6-8-17(9-7-16)25-21(31)13-34-23-28-27-22(35-23)26-20(30)11-5-15-4-10-18(32-2)19(12-15)33-3/h4-12H,13H2,1-3H3,(H,24,29)(H,25,31)(H,26,27,30)/b11-5+. The Hall–Kier alpha value is -3.90. The van der Waals surface area contributed by atoms with Crippen LogP contribution in [0.5, 0.6) is 11.5 Å². The summed E-state index contributed by atoms with van der Waals surface area (Å²) in [4.78, 5) is 35.5. The summed E-state index contributed by atoms with van der Waals surface area (Å²) in [5.41, 5.74) is 2.02. The number of hydrogen-bond donors (Lipinski definition) is 3. The molecule has 0 saturated heterocycles. The molecule has 12 heteroatoms. The molecule has 0 fully saturated rings. The second-order valence-corrected chi connectivity index (χ2v) is 9.11. The molecule has 0 aliphatic heterocycles. The molecule has 0 bridgehead atoms. The van der Waals surface area contributed by atoms with Crippen LogP contribution in [0.25, 0.3) is 6.08 Å². The molecular weight excluding hydrogens is 490 g/mol. The Labute approximate surface area is 210 Å². The molecule has 0 aliphatic carbocycles. The molecule has 3 aromatic rings. The lowest BCUT2D eigenvalue weighted by Gasteiger charge is -2.07. The summed E-state index contributed by atoms with van der Waals surface area (Å²) >= 11 is 2.37. The zero-order valence-corrected chi connectivity index (χ0v) is 20.8. The number of ether oxygens (including phenoxy) is 2. The number of rotatable bonds is 10. The number of nitrogens with one attached hydrogen (secondary N) is 3. The molecule has 1 heterocycles. The first-order chi connectivity index (χ1) is 16.9. The molecule has 2 aromatic carbocycles. The van der Waals surface area contributed by atoms with Crippen LogP contribution in [0.2, 0.25) is 0 Å². The van der Waals surface area contributed by atoms with Crippen molar-refractivity contribution in [2.75, 3.05) is 35.9 Å². The summed E-state index contributed by atoms with van der Waals surface area (Å²) in [6, 6.07) is 12.1. The van der Waals surface area contributed by atoms with E-state index in [-0.39, 0.29) is 23.5 Å². The summed E-state index contributed by atoms with van der Waals surface area (Å²) in [6.45, 7) is 1.42. The van der Waals surface area contributed by atoms with Crippen molar-refractivity contribution < 1.29 is 23.9 Å². The van der Waals surface area contributed by atoms with E-state index in [1.54, 1.807) is 62.8 Å². The van der Waals surface area contributed by atoms with Crippen molar-refractivity contribution in [2.45, 2.75) is 11.3 Å². The van der Waals surface area contributed by atoms with Crippen molar-refractivity contribution in [3.05, 3.63) is 54.1 Å². The van der Waals surface area contributed by atoms with E-state index in [9.17, 15) is 14.4 Å². The molecule has 1 aromatic heterocycles. The highest BCUT2D eigenvalue weighted by atomic mass is 32.2. The van der Waals surface area contributed by atoms with Gasteiger partial charge in [0.1, 0.15) is 0 Å². The maximum Gasteiger partial charge on any atom is 0.250 e. The van der Waals surface area contributed by atoms with Crippen LogP contribution < -0.4 is 25.4 Å². The lowest BCUT2D eigenvalue weighted by Crippen LogP contribution is -2.14. The summed E-state index contributed by atoms with van der Waals surface area (Å²) in [5, 5.41) is 16.3. The van der Waals surface area contributed by atoms with Crippen LogP contribution in [0.15, 0.2) is 52.9 Å². The van der Waals surface area contributed by atoms with Gasteiger partial charge in [-0.3, -0.25) is 19.7 Å². The summed E-state index contributed by atoms with van der Waals surface area (Å²) < 4.78 is 11.0. The predicted octanol–water partition coefficient (Wildman–Crippen LogP) is 3.90. The number of hydrogen-bond acceptors (Lipinski definition) is 9. The molecule has 0 unspecified atom stereocenters. The highest BCUT2D eigenvalue weighted by Gasteiger charge is 2.10. The number of anilines is 3. The van der Waals surface area contributed by atoms with Gasteiger partial charge in [-0.05, 0) is 48.0 Å². The molecule has 35 heavy (non-hydrogen) atoms. The molecule has 0 aliphatic rings. The fourth-order valence-corrected chi connectivity index (χ4v) is 4.31. The van der Waals surface area contributed by atoms with Crippen LogP contribution in [0.3, 0.4) is 0 Å². The van der Waals surface area contributed by atoms with Gasteiger partial charge < -0.3 is 20.1 Å². The van der Waals surface area contributed by atoms with Gasteiger partial charge >= 0.3 is 0 Å². The monoisotopic (exact) mass is 513 g/mol. The molecule has 3 N–H and O–H groups in total. The number of methoxy groups -OCH3 is 2. The van der Waals surface area contributed by atoms with E-state index in [0.29, 0.717) is 32.3 Å². The molecular formula is C23H23N5O5S2. The van der Waals surface area contributed by atoms with Crippen molar-refractivity contribution in [3.8, 4) is 11.5 Å². The van der Waals surface area contributed by atoms with Crippen molar-refractivity contribution in [2.24, 2.45) is 0 Å². The maximum absolute atomic E-state index is 12.2. The van der Waals surface area contributed by atoms with Crippen molar-refractivity contribution in [1.29, 1.82) is 0 Å². The zero-order valence-electron chi connectivity index (χ0n) is 19.2. The summed E-state index contributed by atoms with van der Waals surface area (Å²) in [7, 11) is 3.09. The van der Waals surface area contributed by atoms with Gasteiger partial charge in [-0.25, -0.2) is 0 Å². The van der Waals surface area contributed by atoms with Crippen LogP contribution in [-0.2, 0) is 14.4 Å². The van der Waals surface area contributed by atoms with Gasteiger partial charge in [0.2, 0.25) is 22.9 Å². The SMILES string of the molecule is COc1ccc(/C=C/C(=O)Nc2nnc(SCC(=O)Nc3ccc(NC(C)=O)cc3)s2)cc1OC. The molecule has 0 radical (unpaired) electrons. The third-order valence-electron chi connectivity index (χ3n) is 4.29. The van der Waals surface area contributed by atoms with Crippen molar-refractivity contribution >= 4 is 63.4 Å². The van der Waals surface area contributed by atoms with E-state index in [1.165, 1.54) is 36.1 Å². The molecule has 182 valence electrons. The normalized spacial score (nSPS) is 10.6. The highest BCUT2D eigenvalue weighted by Crippen LogP contribution is 2.28. The maximum atomic E-state index is 12.2. The van der Waals surface area contributed by atoms with Crippen LogP contribution in [-0.4, -0.2) is 47.9 Å². The minimum absolute atomic E-state index is 0.120. The molecule has 0 spiro atoms. The van der Waals surface area contributed by atoms with Gasteiger partial charge in [0, 0.05) is 24.4 Å². The smallest absolute Gasteiger partial charge is 0.250 e. The minimum Gasteiger partial charge on any atom is -0.493 e. The van der Waals surface area contributed by atoms with Gasteiger partial charge in [0.05, 0.1) is 20.0 Å². The number of nitrogens with zero attached hydrogens (tertiary/aromatic N) is 2. The lowest BCUT2D eigenvalue weighted by molar-refractivity contribution is -0.114. The summed E-state index contributed by atoms with van der Waals surface area (Å²) in [5.74, 6) is 0.525. The topological polar surface area (TPSA) is 132 Å². The van der Waals surface area contributed by atoms with Crippen molar-refractivity contribution in [1.82, 2.24) is 10.2 Å². The quantitative estimate of drug-likeness (QED) is 0.211. The minimum atomic E-state index is -0.368. The molecule has 10 nitrogen and oxygen atoms in total. The first kappa shape index (κ1) is 25.7. The van der Waals surface area contributed by atoms with E-state index in [0.717, 1.165) is 5.56 Å². The third kappa shape index (κ3) is 8.12. The van der Waals surface area contributed by atoms with Crippen molar-refractivity contribution in [3.63, 3.8) is 0 Å². The number of aromatic nitrogens is 2. The largest absolute Gasteiger partial charge is 0.493 e. The second-order valence-electron chi connectivity index (χ2n) is 6.91. The number of carbonyl (C=O) groups is 3. The fourth-order valence-electron chi connectivity index (χ4n) is 2.76. The number of benzene rings is 2. The average Bonchev–Trinajstić information content (AvgIpc) is 3.29. The molecule has 0 saturated carbocycles. The Balaban J connectivity index is 1.46. The van der Waals surface area contributed by atoms with Gasteiger partial charge in [0.15, 0.2) is 15.8 Å². The van der Waals surface area contributed by atoms with Crippen LogP contribution >= 0.6 is 23.1 Å². The first-order valence-corrected chi connectivity index (χ1v) is 12.0. The Morgan fingerprint density at radius 2 is 1.63 bits per heavy atom. The highest BCUT2D eigenvalue weighted by molar-refractivity contribution is 8.01. The number of carbonyl (C=O) groups excluding carboxylic acids is 3. The zero-order chi connectivity index (χ0) is 25.2. The van der Waals surface area contributed by atoms with E-state index in [1.807, 2.05) is 0 Å². The Morgan fingerprint density at radius 3 is 2.29 bits per heavy atom. The van der Waals surface area contributed by atoms with E-state index in [4.69, 9.17) is 9.47 Å². The average molecular weight is 514 g/mol. The first-order valence-electron chi connectivity index (χ1n) is 10.2. The van der Waals surface area contributed by atoms with Gasteiger partial charge in [-0.1, -0.05) is 29.2 Å². The number of thioether (sulfide) groups is 1.